The zero-order valence-electron chi connectivity index (χ0n) is 27.4. The van der Waals surface area contributed by atoms with Crippen molar-refractivity contribution in [3.05, 3.63) is 47.4 Å². The first-order valence-corrected chi connectivity index (χ1v) is 16.5. The van der Waals surface area contributed by atoms with Crippen LogP contribution in [0.3, 0.4) is 0 Å². The Morgan fingerprint density at radius 3 is 2.57 bits per heavy atom. The van der Waals surface area contributed by atoms with E-state index in [1.54, 1.807) is 13.2 Å². The van der Waals surface area contributed by atoms with Gasteiger partial charge in [0.15, 0.2) is 17.6 Å². The molecule has 5 atom stereocenters. The molecule has 2 aliphatic heterocycles. The van der Waals surface area contributed by atoms with Crippen LogP contribution in [0.15, 0.2) is 36.3 Å². The maximum Gasteiger partial charge on any atom is 0.347 e. The van der Waals surface area contributed by atoms with Crippen LogP contribution in [0, 0.1) is 0 Å². The quantitative estimate of drug-likeness (QED) is 0.120. The monoisotopic (exact) mass is 641 g/mol. The molecule has 0 amide bonds. The van der Waals surface area contributed by atoms with Crippen LogP contribution in [-0.2, 0) is 45.2 Å². The summed E-state index contributed by atoms with van der Waals surface area (Å²) in [6.45, 7) is 9.06. The first-order valence-electron chi connectivity index (χ1n) is 16.5. The highest BCUT2D eigenvalue weighted by atomic mass is 16.6. The molecule has 0 saturated carbocycles. The molecule has 5 rings (SSSR count). The lowest BCUT2D eigenvalue weighted by molar-refractivity contribution is -0.169. The average Bonchev–Trinajstić information content (AvgIpc) is 3.39. The molecule has 0 aromatic heterocycles. The molecule has 2 aliphatic carbocycles. The number of hydrogen-bond donors (Lipinski definition) is 1. The normalized spacial score (nSPS) is 26.2. The van der Waals surface area contributed by atoms with Crippen LogP contribution in [0.2, 0.25) is 0 Å². The number of carbonyl (C=O) groups is 3. The molecule has 4 aliphatic rings. The second-order valence-corrected chi connectivity index (χ2v) is 12.7. The fourth-order valence-corrected chi connectivity index (χ4v) is 7.40. The first-order chi connectivity index (χ1) is 22.1. The number of nitrogens with zero attached hydrogens (tertiary/aromatic N) is 1. The van der Waals surface area contributed by atoms with E-state index in [4.69, 9.17) is 28.4 Å². The number of hydrogen-bond acceptors (Lipinski definition) is 11. The summed E-state index contributed by atoms with van der Waals surface area (Å²) in [5.74, 6) is -0.0989. The molecule has 2 bridgehead atoms. The number of esters is 3. The van der Waals surface area contributed by atoms with E-state index in [0.29, 0.717) is 49.4 Å². The van der Waals surface area contributed by atoms with Crippen molar-refractivity contribution in [3.63, 3.8) is 0 Å². The van der Waals surface area contributed by atoms with Gasteiger partial charge in [-0.1, -0.05) is 39.3 Å². The summed E-state index contributed by atoms with van der Waals surface area (Å²) in [5, 5.41) is 12.3. The van der Waals surface area contributed by atoms with Crippen LogP contribution in [0.4, 0.5) is 0 Å². The van der Waals surface area contributed by atoms with Gasteiger partial charge in [0.25, 0.3) is 0 Å². The molecule has 11 heteroatoms. The number of piperidine rings is 1. The van der Waals surface area contributed by atoms with Crippen LogP contribution < -0.4 is 9.47 Å². The van der Waals surface area contributed by atoms with Crippen molar-refractivity contribution in [3.8, 4) is 11.5 Å². The zero-order valence-corrected chi connectivity index (χ0v) is 27.4. The second kappa shape index (κ2) is 14.0. The number of carbonyl (C=O) groups excluding carboxylic acids is 3. The lowest BCUT2D eigenvalue weighted by Gasteiger charge is -2.61. The molecule has 1 spiro atoms. The minimum atomic E-state index is -1.23. The Kier molecular flexibility index (Phi) is 10.3. The van der Waals surface area contributed by atoms with Gasteiger partial charge < -0.3 is 38.4 Å². The summed E-state index contributed by atoms with van der Waals surface area (Å²) in [7, 11) is 3.62. The van der Waals surface area contributed by atoms with E-state index in [1.165, 1.54) is 0 Å². The van der Waals surface area contributed by atoms with Gasteiger partial charge in [-0.2, -0.15) is 0 Å². The smallest absolute Gasteiger partial charge is 0.347 e. The van der Waals surface area contributed by atoms with Gasteiger partial charge in [-0.25, -0.2) is 4.79 Å². The fourth-order valence-electron chi connectivity index (χ4n) is 7.40. The van der Waals surface area contributed by atoms with Gasteiger partial charge in [-0.15, -0.1) is 0 Å². The molecule has 46 heavy (non-hydrogen) atoms. The Morgan fingerprint density at radius 1 is 1.11 bits per heavy atom. The third-order valence-corrected chi connectivity index (χ3v) is 9.82. The van der Waals surface area contributed by atoms with E-state index in [9.17, 15) is 19.5 Å². The number of ether oxygens (including phenoxy) is 6. The van der Waals surface area contributed by atoms with Crippen molar-refractivity contribution < 1.29 is 47.9 Å². The van der Waals surface area contributed by atoms with E-state index < -0.39 is 41.1 Å². The summed E-state index contributed by atoms with van der Waals surface area (Å²) in [4.78, 5) is 40.5. The van der Waals surface area contributed by atoms with Gasteiger partial charge >= 0.3 is 17.9 Å². The predicted octanol–water partition coefficient (Wildman–Crippen LogP) is 4.27. The van der Waals surface area contributed by atoms with Crippen molar-refractivity contribution in [1.82, 2.24) is 4.90 Å². The lowest BCUT2D eigenvalue weighted by atomic mass is 9.50. The summed E-state index contributed by atoms with van der Waals surface area (Å²) < 4.78 is 34.4. The molecule has 2 heterocycles. The minimum absolute atomic E-state index is 0.0569. The van der Waals surface area contributed by atoms with Crippen molar-refractivity contribution in [2.75, 3.05) is 33.9 Å². The summed E-state index contributed by atoms with van der Waals surface area (Å²) >= 11 is 0. The van der Waals surface area contributed by atoms with Crippen molar-refractivity contribution in [2.45, 2.75) is 107 Å². The van der Waals surface area contributed by atoms with Crippen LogP contribution in [-0.4, -0.2) is 85.7 Å². The standard InChI is InChI=1S/C35H47NO10/c1-6-8-18-42-29(38)21-26(33(39)43-19-9-7-2)44-22(3)10-13-28(37)45-25-14-15-35(40)27-20-23-11-12-24(41-5)31-30(23)34(35,32(25)46-31)16-17-36(27)4/h11-12,14,26-27,32,40H,3,6-10,13,15-21H2,1-2,4-5H3/t26-,27-,32+,34+,35-/m1/s1. The Bertz CT molecular complexity index is 1370. The number of allylic oxidation sites excluding steroid dienone is 1. The molecule has 0 radical (unpaired) electrons. The van der Waals surface area contributed by atoms with E-state index in [0.717, 1.165) is 30.5 Å². The van der Waals surface area contributed by atoms with Gasteiger partial charge in [-0.05, 0) is 57.0 Å². The maximum absolute atomic E-state index is 13.2. The molecule has 0 unspecified atom stereocenters. The summed E-state index contributed by atoms with van der Waals surface area (Å²) in [5.41, 5.74) is 0.177. The summed E-state index contributed by atoms with van der Waals surface area (Å²) in [6.07, 6.45) is 4.22. The molecule has 1 aromatic rings. The maximum atomic E-state index is 13.2. The minimum Gasteiger partial charge on any atom is -0.493 e. The topological polar surface area (TPSA) is 130 Å². The molecule has 11 nitrogen and oxygen atoms in total. The number of aliphatic hydroxyl groups is 1. The average molecular weight is 642 g/mol. The molecule has 1 aromatic carbocycles. The molecule has 252 valence electrons. The predicted molar refractivity (Wildman–Crippen MR) is 167 cm³/mol. The molecular weight excluding hydrogens is 594 g/mol. The van der Waals surface area contributed by atoms with E-state index in [2.05, 4.69) is 11.5 Å². The molecular formula is C35H47NO10. The Morgan fingerprint density at radius 2 is 1.85 bits per heavy atom. The Balaban J connectivity index is 1.25. The number of likely N-dealkylation sites (N-methyl/N-ethyl adjacent to an activating group) is 1. The van der Waals surface area contributed by atoms with Crippen molar-refractivity contribution >= 4 is 17.9 Å². The zero-order chi connectivity index (χ0) is 33.1. The van der Waals surface area contributed by atoms with Crippen LogP contribution in [0.25, 0.3) is 0 Å². The molecule has 1 saturated heterocycles. The van der Waals surface area contributed by atoms with E-state index >= 15 is 0 Å². The van der Waals surface area contributed by atoms with Crippen LogP contribution in [0.5, 0.6) is 11.5 Å². The van der Waals surface area contributed by atoms with Gasteiger partial charge in [0.05, 0.1) is 49.9 Å². The number of benzene rings is 1. The summed E-state index contributed by atoms with van der Waals surface area (Å²) in [6, 6.07) is 3.82. The van der Waals surface area contributed by atoms with Crippen LogP contribution in [0.1, 0.15) is 82.8 Å². The van der Waals surface area contributed by atoms with Crippen molar-refractivity contribution in [1.29, 1.82) is 0 Å². The van der Waals surface area contributed by atoms with Gasteiger partial charge in [-0.3, -0.25) is 9.59 Å². The highest BCUT2D eigenvalue weighted by molar-refractivity contribution is 5.82. The third kappa shape index (κ3) is 6.11. The molecule has 1 N–H and O–H groups in total. The van der Waals surface area contributed by atoms with Gasteiger partial charge in [0.2, 0.25) is 6.10 Å². The Hall–Kier alpha value is -3.57. The van der Waals surface area contributed by atoms with Gasteiger partial charge in [0, 0.05) is 24.4 Å². The highest BCUT2D eigenvalue weighted by Gasteiger charge is 2.72. The third-order valence-electron chi connectivity index (χ3n) is 9.82. The molecule has 1 fully saturated rings. The van der Waals surface area contributed by atoms with E-state index in [1.807, 2.05) is 33.0 Å². The number of likely N-dealkylation sites (tertiary alicyclic amines) is 1. The SMILES string of the molecule is C=C(CCC(=O)OC1=CC[C@@]2(O)[C@H]3Cc4ccc(OC)c5c4[C@@]2(CCN3C)[C@H]1O5)O[C@H](CC(=O)OCCCC)C(=O)OCCCC. The van der Waals surface area contributed by atoms with Gasteiger partial charge in [0.1, 0.15) is 5.76 Å². The van der Waals surface area contributed by atoms with E-state index in [-0.39, 0.29) is 44.3 Å². The number of unbranched alkanes of at least 4 members (excludes halogenated alkanes) is 2. The fraction of sp³-hybridized carbons (Fsp3) is 0.629. The lowest BCUT2D eigenvalue weighted by Crippen LogP contribution is -2.74. The largest absolute Gasteiger partial charge is 0.493 e. The van der Waals surface area contributed by atoms with Crippen LogP contribution >= 0.6 is 0 Å². The number of rotatable bonds is 16. The second-order valence-electron chi connectivity index (χ2n) is 12.7. The van der Waals surface area contributed by atoms with Crippen molar-refractivity contribution in [2.24, 2.45) is 0 Å². The Labute approximate surface area is 270 Å². The number of methoxy groups -OCH3 is 1. The highest BCUT2D eigenvalue weighted by Crippen LogP contribution is 2.65. The first kappa shape index (κ1) is 33.8.